The lowest BCUT2D eigenvalue weighted by molar-refractivity contribution is -0.141. The van der Waals surface area contributed by atoms with Crippen LogP contribution in [0.25, 0.3) is 11.1 Å². The second-order valence-corrected chi connectivity index (χ2v) is 7.24. The van der Waals surface area contributed by atoms with Crippen molar-refractivity contribution in [3.63, 3.8) is 0 Å². The van der Waals surface area contributed by atoms with Gasteiger partial charge in [0.25, 0.3) is 5.56 Å². The number of benzene rings is 1. The van der Waals surface area contributed by atoms with Crippen LogP contribution in [0.3, 0.4) is 0 Å². The highest BCUT2D eigenvalue weighted by Gasteiger charge is 2.35. The van der Waals surface area contributed by atoms with Gasteiger partial charge in [-0.2, -0.15) is 0 Å². The van der Waals surface area contributed by atoms with E-state index < -0.39 is 16.9 Å². The van der Waals surface area contributed by atoms with Crippen molar-refractivity contribution in [2.24, 2.45) is 0 Å². The van der Waals surface area contributed by atoms with E-state index in [1.807, 2.05) is 25.1 Å². The zero-order valence-corrected chi connectivity index (χ0v) is 16.0. The maximum absolute atomic E-state index is 13.1. The van der Waals surface area contributed by atoms with Crippen molar-refractivity contribution >= 4 is 23.4 Å². The topological polar surface area (TPSA) is 94.1 Å². The summed E-state index contributed by atoms with van der Waals surface area (Å²) < 4.78 is 7.70. The average molecular weight is 387 g/mol. The van der Waals surface area contributed by atoms with Crippen molar-refractivity contribution < 1.29 is 9.53 Å². The molecule has 0 saturated carbocycles. The summed E-state index contributed by atoms with van der Waals surface area (Å²) in [6, 6.07) is 9.09. The maximum atomic E-state index is 13.1. The van der Waals surface area contributed by atoms with Gasteiger partial charge in [0.1, 0.15) is 5.25 Å². The number of carbonyl (C=O) groups excluding carboxylic acids is 1. The van der Waals surface area contributed by atoms with Gasteiger partial charge in [-0.3, -0.25) is 18.7 Å². The van der Waals surface area contributed by atoms with Crippen molar-refractivity contribution in [2.75, 3.05) is 6.61 Å². The first-order valence-corrected chi connectivity index (χ1v) is 9.71. The molecule has 27 heavy (non-hydrogen) atoms. The Bertz CT molecular complexity index is 994. The molecule has 8 heteroatoms. The number of esters is 1. The summed E-state index contributed by atoms with van der Waals surface area (Å²) in [6.07, 6.45) is 0.638. The number of fused-ring (bicyclic) bond motifs is 1. The molecule has 1 aromatic heterocycles. The van der Waals surface area contributed by atoms with Gasteiger partial charge in [0.2, 0.25) is 0 Å². The molecule has 0 aliphatic carbocycles. The number of nitrogens with one attached hydrogen (secondary N) is 1. The Hall–Kier alpha value is -2.61. The van der Waals surface area contributed by atoms with Crippen LogP contribution in [0.2, 0.25) is 0 Å². The predicted molar refractivity (Wildman–Crippen MR) is 105 cm³/mol. The third-order valence-corrected chi connectivity index (χ3v) is 5.63. The predicted octanol–water partition coefficient (Wildman–Crippen LogP) is 2.14. The number of carbonyl (C=O) groups is 1. The Balaban J connectivity index is 2.25. The van der Waals surface area contributed by atoms with E-state index in [9.17, 15) is 14.4 Å². The molecule has 7 nitrogen and oxygen atoms in total. The van der Waals surface area contributed by atoms with Crippen LogP contribution in [0.15, 0.2) is 44.9 Å². The van der Waals surface area contributed by atoms with Crippen LogP contribution in [-0.4, -0.2) is 32.7 Å². The van der Waals surface area contributed by atoms with E-state index in [0.29, 0.717) is 29.1 Å². The van der Waals surface area contributed by atoms with Crippen LogP contribution in [0, 0.1) is 5.41 Å². The minimum Gasteiger partial charge on any atom is -0.465 e. The summed E-state index contributed by atoms with van der Waals surface area (Å²) in [5.41, 5.74) is 0.336. The van der Waals surface area contributed by atoms with Gasteiger partial charge < -0.3 is 10.1 Å². The van der Waals surface area contributed by atoms with E-state index in [0.717, 1.165) is 11.8 Å². The van der Waals surface area contributed by atoms with E-state index in [1.54, 1.807) is 19.1 Å². The largest absolute Gasteiger partial charge is 0.465 e. The maximum Gasteiger partial charge on any atom is 0.332 e. The van der Waals surface area contributed by atoms with Crippen molar-refractivity contribution in [2.45, 2.75) is 43.6 Å². The van der Waals surface area contributed by atoms with Gasteiger partial charge in [0, 0.05) is 6.54 Å². The fraction of sp³-hybridized carbons (Fsp3) is 0.368. The Morgan fingerprint density at radius 2 is 1.96 bits per heavy atom. The molecule has 0 bridgehead atoms. The van der Waals surface area contributed by atoms with Gasteiger partial charge in [-0.15, -0.1) is 0 Å². The third-order valence-electron chi connectivity index (χ3n) is 4.26. The van der Waals surface area contributed by atoms with Crippen LogP contribution < -0.4 is 11.2 Å². The number of aromatic nitrogens is 2. The first-order valence-electron chi connectivity index (χ1n) is 8.83. The van der Waals surface area contributed by atoms with E-state index in [-0.39, 0.29) is 24.4 Å². The molecule has 0 radical (unpaired) electrons. The molecular weight excluding hydrogens is 366 g/mol. The van der Waals surface area contributed by atoms with Crippen LogP contribution in [0.5, 0.6) is 0 Å². The number of thioether (sulfide) groups is 1. The molecule has 1 unspecified atom stereocenters. The van der Waals surface area contributed by atoms with Crippen LogP contribution in [0.1, 0.15) is 20.3 Å². The lowest BCUT2D eigenvalue weighted by Crippen LogP contribution is -2.47. The van der Waals surface area contributed by atoms with Gasteiger partial charge in [0.05, 0.1) is 29.5 Å². The standard InChI is InChI=1S/C19H21N3O4S/c1-3-10-21-16(23)14(12-8-6-5-7-9-12)17-22(19(21)25)11-13(20)15(27-17)18(24)26-4-2/h5-9,15,20H,3-4,10-11H2,1-2H3. The van der Waals surface area contributed by atoms with Gasteiger partial charge in [0.15, 0.2) is 0 Å². The van der Waals surface area contributed by atoms with Gasteiger partial charge in [-0.05, 0) is 18.9 Å². The van der Waals surface area contributed by atoms with E-state index in [2.05, 4.69) is 0 Å². The number of nitrogens with zero attached hydrogens (tertiary/aromatic N) is 2. The molecule has 0 spiro atoms. The molecule has 3 rings (SSSR count). The summed E-state index contributed by atoms with van der Waals surface area (Å²) in [6.45, 7) is 4.07. The van der Waals surface area contributed by atoms with E-state index >= 15 is 0 Å². The monoisotopic (exact) mass is 387 g/mol. The molecule has 1 aromatic carbocycles. The van der Waals surface area contributed by atoms with Crippen molar-refractivity contribution in [1.82, 2.24) is 9.13 Å². The third kappa shape index (κ3) is 3.49. The van der Waals surface area contributed by atoms with Gasteiger partial charge >= 0.3 is 11.7 Å². The fourth-order valence-corrected chi connectivity index (χ4v) is 4.26. The summed E-state index contributed by atoms with van der Waals surface area (Å²) in [7, 11) is 0. The molecule has 1 aliphatic heterocycles. The molecule has 0 fully saturated rings. The molecule has 0 amide bonds. The second-order valence-electron chi connectivity index (χ2n) is 6.15. The highest BCUT2D eigenvalue weighted by molar-refractivity contribution is 8.01. The SMILES string of the molecule is CCCn1c(=O)c(-c2ccccc2)c2n(c1=O)CC(=N)C(C(=O)OCC)S2. The summed E-state index contributed by atoms with van der Waals surface area (Å²) in [5.74, 6) is -0.525. The Kier molecular flexibility index (Phi) is 5.65. The van der Waals surface area contributed by atoms with Crippen molar-refractivity contribution in [3.8, 4) is 11.1 Å². The Morgan fingerprint density at radius 3 is 2.59 bits per heavy atom. The highest BCUT2D eigenvalue weighted by atomic mass is 32.2. The minimum atomic E-state index is -0.853. The zero-order chi connectivity index (χ0) is 19.6. The molecule has 2 aromatic rings. The minimum absolute atomic E-state index is 0.0333. The van der Waals surface area contributed by atoms with Gasteiger partial charge in [-0.1, -0.05) is 49.0 Å². The molecule has 1 aliphatic rings. The Labute approximate surface area is 160 Å². The average Bonchev–Trinajstić information content (AvgIpc) is 2.66. The van der Waals surface area contributed by atoms with Crippen LogP contribution in [-0.2, 0) is 22.6 Å². The second kappa shape index (κ2) is 7.96. The molecular formula is C19H21N3O4S. The summed E-state index contributed by atoms with van der Waals surface area (Å²) >= 11 is 1.04. The number of ether oxygens (including phenoxy) is 1. The van der Waals surface area contributed by atoms with E-state index in [4.69, 9.17) is 10.1 Å². The number of hydrogen-bond acceptors (Lipinski definition) is 6. The molecule has 0 saturated heterocycles. The van der Waals surface area contributed by atoms with E-state index in [1.165, 1.54) is 9.13 Å². The fourth-order valence-electron chi connectivity index (χ4n) is 3.06. The highest BCUT2D eigenvalue weighted by Crippen LogP contribution is 2.35. The number of rotatable bonds is 5. The Morgan fingerprint density at radius 1 is 1.26 bits per heavy atom. The molecule has 1 atom stereocenters. The first-order chi connectivity index (χ1) is 13.0. The lowest BCUT2D eigenvalue weighted by atomic mass is 10.1. The molecule has 142 valence electrons. The smallest absolute Gasteiger partial charge is 0.332 e. The summed E-state index contributed by atoms with van der Waals surface area (Å²) in [4.78, 5) is 38.2. The first kappa shape index (κ1) is 19.2. The normalized spacial score (nSPS) is 16.1. The van der Waals surface area contributed by atoms with Crippen molar-refractivity contribution in [1.29, 1.82) is 5.41 Å². The summed E-state index contributed by atoms with van der Waals surface area (Å²) in [5, 5.41) is 7.78. The van der Waals surface area contributed by atoms with Crippen molar-refractivity contribution in [3.05, 3.63) is 51.2 Å². The zero-order valence-electron chi connectivity index (χ0n) is 15.2. The van der Waals surface area contributed by atoms with Crippen LogP contribution >= 0.6 is 11.8 Å². The lowest BCUT2D eigenvalue weighted by Gasteiger charge is -2.27. The van der Waals surface area contributed by atoms with Gasteiger partial charge in [-0.25, -0.2) is 4.79 Å². The quantitative estimate of drug-likeness (QED) is 0.627. The number of hydrogen-bond donors (Lipinski definition) is 1. The molecule has 1 N–H and O–H groups in total. The molecule has 2 heterocycles. The van der Waals surface area contributed by atoms with Crippen LogP contribution in [0.4, 0.5) is 0 Å².